The Labute approximate surface area is 55.1 Å². The molecule has 1 unspecified atom stereocenters. The van der Waals surface area contributed by atoms with Crippen molar-refractivity contribution >= 4 is 0 Å². The fraction of sp³-hybridized carbons (Fsp3) is 0.714. The topological polar surface area (TPSA) is 29.5 Å². The zero-order valence-corrected chi connectivity index (χ0v) is 5.63. The molecule has 0 spiro atoms. The van der Waals surface area contributed by atoms with E-state index in [-0.39, 0.29) is 0 Å². The molecule has 0 saturated carbocycles. The van der Waals surface area contributed by atoms with Crippen molar-refractivity contribution in [3.8, 4) is 0 Å². The molecule has 0 aliphatic carbocycles. The van der Waals surface area contributed by atoms with Gasteiger partial charge in [-0.1, -0.05) is 13.3 Å². The number of hydrogen-bond donors (Lipinski definition) is 1. The minimum atomic E-state index is -0.633. The summed E-state index contributed by atoms with van der Waals surface area (Å²) in [5, 5.41) is 8.83. The van der Waals surface area contributed by atoms with Gasteiger partial charge < -0.3 is 9.84 Å². The van der Waals surface area contributed by atoms with Gasteiger partial charge in [0.2, 0.25) is 0 Å². The van der Waals surface area contributed by atoms with Gasteiger partial charge in [-0.05, 0) is 18.1 Å². The van der Waals surface area contributed by atoms with Gasteiger partial charge in [-0.2, -0.15) is 0 Å². The fourth-order valence-corrected chi connectivity index (χ4v) is 0.967. The van der Waals surface area contributed by atoms with Gasteiger partial charge >= 0.3 is 0 Å². The van der Waals surface area contributed by atoms with Crippen LogP contribution in [-0.2, 0) is 4.74 Å². The van der Waals surface area contributed by atoms with E-state index >= 15 is 0 Å². The minimum Gasteiger partial charge on any atom is -0.365 e. The summed E-state index contributed by atoms with van der Waals surface area (Å²) < 4.78 is 4.88. The molecule has 1 heterocycles. The zero-order valence-electron chi connectivity index (χ0n) is 5.63. The van der Waals surface area contributed by atoms with Crippen LogP contribution in [0.3, 0.4) is 0 Å². The predicted molar refractivity (Wildman–Crippen MR) is 34.9 cm³/mol. The highest BCUT2D eigenvalue weighted by Crippen LogP contribution is 2.13. The van der Waals surface area contributed by atoms with Gasteiger partial charge in [0, 0.05) is 0 Å². The second kappa shape index (κ2) is 2.99. The van der Waals surface area contributed by atoms with Gasteiger partial charge in [0.1, 0.15) is 0 Å². The highest BCUT2D eigenvalue weighted by Gasteiger charge is 2.10. The maximum Gasteiger partial charge on any atom is 0.174 e. The van der Waals surface area contributed by atoms with Crippen molar-refractivity contribution in [2.75, 3.05) is 6.61 Å². The smallest absolute Gasteiger partial charge is 0.174 e. The molecule has 0 aromatic heterocycles. The second-order valence-corrected chi connectivity index (χ2v) is 2.28. The fourth-order valence-electron chi connectivity index (χ4n) is 0.967. The van der Waals surface area contributed by atoms with E-state index in [1.807, 2.05) is 0 Å². The summed E-state index contributed by atoms with van der Waals surface area (Å²) in [4.78, 5) is 0. The van der Waals surface area contributed by atoms with Crippen LogP contribution in [0.15, 0.2) is 11.6 Å². The summed E-state index contributed by atoms with van der Waals surface area (Å²) in [6, 6.07) is 0. The predicted octanol–water partition coefficient (Wildman–Crippen LogP) is 1.06. The SMILES string of the molecule is CCCC1=CC(O)OC1. The third-order valence-electron chi connectivity index (χ3n) is 1.39. The number of hydrogen-bond acceptors (Lipinski definition) is 2. The van der Waals surface area contributed by atoms with Gasteiger partial charge in [0.05, 0.1) is 6.61 Å². The quantitative estimate of drug-likeness (QED) is 0.563. The normalized spacial score (nSPS) is 26.4. The largest absolute Gasteiger partial charge is 0.365 e. The van der Waals surface area contributed by atoms with Crippen molar-refractivity contribution < 1.29 is 9.84 Å². The Balaban J connectivity index is 2.33. The first-order valence-electron chi connectivity index (χ1n) is 3.32. The van der Waals surface area contributed by atoms with Gasteiger partial charge in [-0.25, -0.2) is 0 Å². The van der Waals surface area contributed by atoms with Crippen LogP contribution in [-0.4, -0.2) is 18.0 Å². The van der Waals surface area contributed by atoms with Gasteiger partial charge in [0.15, 0.2) is 6.29 Å². The molecular formula is C7H12O2. The zero-order chi connectivity index (χ0) is 6.69. The summed E-state index contributed by atoms with van der Waals surface area (Å²) in [5.74, 6) is 0. The highest BCUT2D eigenvalue weighted by molar-refractivity contribution is 5.07. The summed E-state index contributed by atoms with van der Waals surface area (Å²) in [6.45, 7) is 2.74. The molecule has 0 bridgehead atoms. The van der Waals surface area contributed by atoms with E-state index in [0.717, 1.165) is 12.8 Å². The lowest BCUT2D eigenvalue weighted by molar-refractivity contribution is -0.0395. The molecule has 2 heteroatoms. The molecule has 1 aliphatic heterocycles. The van der Waals surface area contributed by atoms with Gasteiger partial charge in [-0.3, -0.25) is 0 Å². The van der Waals surface area contributed by atoms with E-state index in [1.165, 1.54) is 5.57 Å². The van der Waals surface area contributed by atoms with Crippen LogP contribution in [0, 0.1) is 0 Å². The summed E-state index contributed by atoms with van der Waals surface area (Å²) >= 11 is 0. The van der Waals surface area contributed by atoms with Crippen molar-refractivity contribution in [2.45, 2.75) is 26.1 Å². The molecule has 0 saturated heterocycles. The van der Waals surface area contributed by atoms with E-state index in [2.05, 4.69) is 6.92 Å². The Bertz CT molecular complexity index is 118. The van der Waals surface area contributed by atoms with Crippen LogP contribution in [0.2, 0.25) is 0 Å². The van der Waals surface area contributed by atoms with Crippen molar-refractivity contribution in [1.82, 2.24) is 0 Å². The van der Waals surface area contributed by atoms with E-state index in [0.29, 0.717) is 6.61 Å². The Morgan fingerprint density at radius 1 is 1.89 bits per heavy atom. The molecule has 1 rings (SSSR count). The lowest BCUT2D eigenvalue weighted by atomic mass is 10.2. The van der Waals surface area contributed by atoms with E-state index in [4.69, 9.17) is 9.84 Å². The average molecular weight is 128 g/mol. The first-order valence-corrected chi connectivity index (χ1v) is 3.32. The van der Waals surface area contributed by atoms with E-state index < -0.39 is 6.29 Å². The summed E-state index contributed by atoms with van der Waals surface area (Å²) in [7, 11) is 0. The summed E-state index contributed by atoms with van der Waals surface area (Å²) in [5.41, 5.74) is 1.23. The number of aliphatic hydroxyl groups excluding tert-OH is 1. The molecule has 0 fully saturated rings. The second-order valence-electron chi connectivity index (χ2n) is 2.28. The van der Waals surface area contributed by atoms with Crippen LogP contribution in [0.4, 0.5) is 0 Å². The van der Waals surface area contributed by atoms with Gasteiger partial charge in [0.25, 0.3) is 0 Å². The number of ether oxygens (including phenoxy) is 1. The van der Waals surface area contributed by atoms with E-state index in [1.54, 1.807) is 6.08 Å². The maximum atomic E-state index is 8.83. The standard InChI is InChI=1S/C7H12O2/c1-2-3-6-4-7(8)9-5-6/h4,7-8H,2-3,5H2,1H3. The molecule has 1 aliphatic rings. The lowest BCUT2D eigenvalue weighted by Crippen LogP contribution is -2.00. The lowest BCUT2D eigenvalue weighted by Gasteiger charge is -1.95. The molecular weight excluding hydrogens is 116 g/mol. The molecule has 0 radical (unpaired) electrons. The van der Waals surface area contributed by atoms with Gasteiger partial charge in [-0.15, -0.1) is 0 Å². The van der Waals surface area contributed by atoms with Crippen molar-refractivity contribution in [3.05, 3.63) is 11.6 Å². The average Bonchev–Trinajstić information content (AvgIpc) is 2.17. The molecule has 9 heavy (non-hydrogen) atoms. The number of rotatable bonds is 2. The molecule has 0 aromatic rings. The monoisotopic (exact) mass is 128 g/mol. The molecule has 0 aromatic carbocycles. The molecule has 52 valence electrons. The van der Waals surface area contributed by atoms with Crippen molar-refractivity contribution in [3.63, 3.8) is 0 Å². The third kappa shape index (κ3) is 1.80. The minimum absolute atomic E-state index is 0.620. The molecule has 0 amide bonds. The Morgan fingerprint density at radius 3 is 3.11 bits per heavy atom. The Hall–Kier alpha value is -0.340. The van der Waals surface area contributed by atoms with Crippen LogP contribution in [0.1, 0.15) is 19.8 Å². The number of aliphatic hydroxyl groups is 1. The van der Waals surface area contributed by atoms with Crippen LogP contribution in [0.5, 0.6) is 0 Å². The molecule has 2 nitrogen and oxygen atoms in total. The van der Waals surface area contributed by atoms with Crippen molar-refractivity contribution in [1.29, 1.82) is 0 Å². The van der Waals surface area contributed by atoms with Crippen LogP contribution < -0.4 is 0 Å². The molecule has 1 atom stereocenters. The third-order valence-corrected chi connectivity index (χ3v) is 1.39. The van der Waals surface area contributed by atoms with Crippen LogP contribution in [0.25, 0.3) is 0 Å². The van der Waals surface area contributed by atoms with E-state index in [9.17, 15) is 0 Å². The maximum absolute atomic E-state index is 8.83. The summed E-state index contributed by atoms with van der Waals surface area (Å²) in [6.07, 6.45) is 3.33. The molecule has 1 N–H and O–H groups in total. The highest BCUT2D eigenvalue weighted by atomic mass is 16.6. The Kier molecular flexibility index (Phi) is 2.25. The Morgan fingerprint density at radius 2 is 2.67 bits per heavy atom. The first-order chi connectivity index (χ1) is 4.33. The van der Waals surface area contributed by atoms with Crippen molar-refractivity contribution in [2.24, 2.45) is 0 Å². The first kappa shape index (κ1) is 6.78. The van der Waals surface area contributed by atoms with Crippen LogP contribution >= 0.6 is 0 Å².